The van der Waals surface area contributed by atoms with Crippen LogP contribution in [0.15, 0.2) is 43.0 Å². The molecule has 0 bridgehead atoms. The summed E-state index contributed by atoms with van der Waals surface area (Å²) >= 11 is 0. The number of hydrogen-bond donors (Lipinski definition) is 1. The van der Waals surface area contributed by atoms with Crippen molar-refractivity contribution in [1.29, 1.82) is 0 Å². The first-order valence-corrected chi connectivity index (χ1v) is 16.2. The van der Waals surface area contributed by atoms with Crippen LogP contribution in [0, 0.1) is 0 Å². The van der Waals surface area contributed by atoms with E-state index in [1.807, 2.05) is 4.57 Å². The van der Waals surface area contributed by atoms with E-state index in [2.05, 4.69) is 80.8 Å². The van der Waals surface area contributed by atoms with Gasteiger partial charge in [-0.05, 0) is 61.7 Å². The Hall–Kier alpha value is -2.58. The minimum atomic E-state index is -2.04. The average Bonchev–Trinajstić information content (AvgIpc) is 3.45. The number of nitrogens with zero attached hydrogens (tertiary/aromatic N) is 3. The summed E-state index contributed by atoms with van der Waals surface area (Å²) in [6.45, 7) is 15.0. The largest absolute Gasteiger partial charge is 0.494 e. The number of imidazole rings is 1. The highest BCUT2D eigenvalue weighted by atomic mass is 28.4. The highest BCUT2D eigenvalue weighted by molar-refractivity contribution is 6.74. The number of carbonyl (C=O) groups excluding carboxylic acids is 1. The zero-order chi connectivity index (χ0) is 26.3. The van der Waals surface area contributed by atoms with Gasteiger partial charge in [-0.15, -0.1) is 0 Å². The van der Waals surface area contributed by atoms with Crippen molar-refractivity contribution in [2.75, 3.05) is 6.61 Å². The van der Waals surface area contributed by atoms with Gasteiger partial charge in [-0.25, -0.2) is 4.98 Å². The number of carbonyl (C=O) groups is 1. The predicted octanol–water partition coefficient (Wildman–Crippen LogP) is 6.90. The van der Waals surface area contributed by atoms with Gasteiger partial charge in [0, 0.05) is 29.8 Å². The molecule has 0 aliphatic carbocycles. The van der Waals surface area contributed by atoms with E-state index >= 15 is 0 Å². The van der Waals surface area contributed by atoms with Crippen molar-refractivity contribution in [3.05, 3.63) is 48.7 Å². The molecule has 2 N–H and O–H groups in total. The van der Waals surface area contributed by atoms with Crippen molar-refractivity contribution < 1.29 is 14.0 Å². The minimum absolute atomic E-state index is 0.0742. The molecule has 0 spiro atoms. The van der Waals surface area contributed by atoms with Crippen LogP contribution in [0.1, 0.15) is 82.9 Å². The third-order valence-electron chi connectivity index (χ3n) is 7.28. The molecule has 0 aliphatic heterocycles. The summed E-state index contributed by atoms with van der Waals surface area (Å²) in [5.41, 5.74) is 6.90. The van der Waals surface area contributed by atoms with Crippen molar-refractivity contribution in [1.82, 2.24) is 14.1 Å². The summed E-state index contributed by atoms with van der Waals surface area (Å²) in [7, 11) is -2.04. The summed E-state index contributed by atoms with van der Waals surface area (Å²) in [4.78, 5) is 15.8. The average molecular weight is 513 g/mol. The molecule has 198 valence electrons. The predicted molar refractivity (Wildman–Crippen MR) is 149 cm³/mol. The van der Waals surface area contributed by atoms with Crippen LogP contribution in [0.4, 0.5) is 0 Å². The highest BCUT2D eigenvalue weighted by Gasteiger charge is 2.39. The number of fused-ring (bicyclic) bond motifs is 1. The normalized spacial score (nSPS) is 13.3. The highest BCUT2D eigenvalue weighted by Crippen LogP contribution is 2.39. The van der Waals surface area contributed by atoms with Gasteiger partial charge in [0.2, 0.25) is 0 Å². The Morgan fingerprint density at radius 1 is 1.14 bits per heavy atom. The first-order valence-electron chi connectivity index (χ1n) is 13.2. The molecule has 3 aromatic rings. The molecule has 0 saturated carbocycles. The Kier molecular flexibility index (Phi) is 9.41. The second-order valence-corrected chi connectivity index (χ2v) is 15.9. The molecule has 36 heavy (non-hydrogen) atoms. The lowest BCUT2D eigenvalue weighted by Gasteiger charge is -2.39. The lowest BCUT2D eigenvalue weighted by molar-refractivity contribution is 0.0984. The molecular formula is C28H44N4O3Si. The van der Waals surface area contributed by atoms with Crippen LogP contribution in [0.2, 0.25) is 18.1 Å². The molecule has 7 nitrogen and oxygen atoms in total. The molecule has 0 aliphatic rings. The van der Waals surface area contributed by atoms with Gasteiger partial charge in [0.15, 0.2) is 8.32 Å². The molecular weight excluding hydrogens is 468 g/mol. The number of amides is 1. The molecule has 0 unspecified atom stereocenters. The van der Waals surface area contributed by atoms with Crippen molar-refractivity contribution in [3.8, 4) is 5.75 Å². The number of ether oxygens (including phenoxy) is 1. The van der Waals surface area contributed by atoms with Crippen LogP contribution in [0.25, 0.3) is 10.9 Å². The number of rotatable bonds is 14. The minimum Gasteiger partial charge on any atom is -0.494 e. The first kappa shape index (κ1) is 28.0. The van der Waals surface area contributed by atoms with Crippen LogP contribution in [0.5, 0.6) is 5.75 Å². The van der Waals surface area contributed by atoms with Gasteiger partial charge in [0.1, 0.15) is 17.7 Å². The molecule has 2 heterocycles. The van der Waals surface area contributed by atoms with Gasteiger partial charge < -0.3 is 24.0 Å². The Labute approximate surface area is 217 Å². The Balaban J connectivity index is 1.65. The number of unbranched alkanes of at least 4 members (excludes halogenated alkanes) is 3. The standard InChI is InChI=1S/C28H44N4O3Si/c1-7-8-9-10-18-34-23-13-14-25-22(19-23)15-17-31(25)16-11-12-26(35-36(5,6)28(2,3)4)32-20-24(27(29)33)30-21-32/h13-15,17,19-21,26H,7-12,16,18H2,1-6H3,(H2,29,33)/t26-/m1/s1. The third kappa shape index (κ3) is 7.23. The second kappa shape index (κ2) is 12.1. The smallest absolute Gasteiger partial charge is 0.268 e. The first-order chi connectivity index (χ1) is 17.0. The fourth-order valence-corrected chi connectivity index (χ4v) is 5.30. The maximum absolute atomic E-state index is 11.6. The maximum Gasteiger partial charge on any atom is 0.268 e. The Morgan fingerprint density at radius 3 is 2.58 bits per heavy atom. The quantitative estimate of drug-likeness (QED) is 0.188. The van der Waals surface area contributed by atoms with Crippen LogP contribution in [-0.2, 0) is 11.0 Å². The van der Waals surface area contributed by atoms with Gasteiger partial charge in [0.05, 0.1) is 12.9 Å². The van der Waals surface area contributed by atoms with E-state index in [4.69, 9.17) is 14.9 Å². The van der Waals surface area contributed by atoms with Crippen LogP contribution >= 0.6 is 0 Å². The number of benzene rings is 1. The van der Waals surface area contributed by atoms with Crippen LogP contribution in [0.3, 0.4) is 0 Å². The van der Waals surface area contributed by atoms with E-state index < -0.39 is 14.2 Å². The zero-order valence-corrected chi connectivity index (χ0v) is 23.9. The number of primary amides is 1. The number of hydrogen-bond acceptors (Lipinski definition) is 4. The van der Waals surface area contributed by atoms with E-state index in [0.29, 0.717) is 0 Å². The van der Waals surface area contributed by atoms with E-state index in [0.717, 1.165) is 38.2 Å². The molecule has 0 saturated heterocycles. The fourth-order valence-electron chi connectivity index (χ4n) is 4.03. The summed E-state index contributed by atoms with van der Waals surface area (Å²) in [6, 6.07) is 8.50. The molecule has 2 aromatic heterocycles. The van der Waals surface area contributed by atoms with E-state index in [9.17, 15) is 4.79 Å². The van der Waals surface area contributed by atoms with Crippen LogP contribution in [-0.4, -0.2) is 34.9 Å². The Morgan fingerprint density at radius 2 is 1.92 bits per heavy atom. The maximum atomic E-state index is 11.6. The van der Waals surface area contributed by atoms with Gasteiger partial charge in [-0.3, -0.25) is 4.79 Å². The number of aryl methyl sites for hydroxylation is 1. The van der Waals surface area contributed by atoms with Crippen molar-refractivity contribution >= 4 is 25.1 Å². The third-order valence-corrected chi connectivity index (χ3v) is 11.8. The lowest BCUT2D eigenvalue weighted by atomic mass is 10.2. The fraction of sp³-hybridized carbons (Fsp3) is 0.571. The number of nitrogens with two attached hydrogens (primary N) is 1. The molecule has 1 atom stereocenters. The monoisotopic (exact) mass is 512 g/mol. The summed E-state index contributed by atoms with van der Waals surface area (Å²) in [6.07, 6.45) is 11.9. The summed E-state index contributed by atoms with van der Waals surface area (Å²) < 4.78 is 16.9. The Bertz CT molecular complexity index is 1130. The lowest BCUT2D eigenvalue weighted by Crippen LogP contribution is -2.42. The molecule has 3 rings (SSSR count). The van der Waals surface area contributed by atoms with E-state index in [-0.39, 0.29) is 17.0 Å². The zero-order valence-electron chi connectivity index (χ0n) is 22.9. The van der Waals surface area contributed by atoms with Crippen molar-refractivity contribution in [2.45, 2.75) is 97.1 Å². The summed E-state index contributed by atoms with van der Waals surface area (Å²) in [5.74, 6) is 0.410. The number of aromatic nitrogens is 3. The summed E-state index contributed by atoms with van der Waals surface area (Å²) in [5, 5.41) is 1.26. The van der Waals surface area contributed by atoms with E-state index in [1.165, 1.54) is 30.2 Å². The van der Waals surface area contributed by atoms with Crippen molar-refractivity contribution in [3.63, 3.8) is 0 Å². The van der Waals surface area contributed by atoms with Gasteiger partial charge in [-0.1, -0.05) is 47.0 Å². The van der Waals surface area contributed by atoms with Crippen molar-refractivity contribution in [2.24, 2.45) is 5.73 Å². The van der Waals surface area contributed by atoms with E-state index in [1.54, 1.807) is 12.5 Å². The molecule has 0 fully saturated rings. The second-order valence-electron chi connectivity index (χ2n) is 11.2. The van der Waals surface area contributed by atoms with Gasteiger partial charge >= 0.3 is 0 Å². The molecule has 0 radical (unpaired) electrons. The molecule has 1 aromatic carbocycles. The van der Waals surface area contributed by atoms with Gasteiger partial charge in [0.25, 0.3) is 5.91 Å². The molecule has 8 heteroatoms. The topological polar surface area (TPSA) is 84.3 Å². The SMILES string of the molecule is CCCCCCOc1ccc2c(ccn2CCC[C@@H](O[Si](C)(C)C(C)(C)C)n2cnc(C(N)=O)c2)c1. The van der Waals surface area contributed by atoms with Gasteiger partial charge in [-0.2, -0.15) is 0 Å². The van der Waals surface area contributed by atoms with Crippen LogP contribution < -0.4 is 10.5 Å². The molecule has 1 amide bonds.